The normalized spacial score (nSPS) is 20.6. The number of rotatable bonds is 5. The van der Waals surface area contributed by atoms with Gasteiger partial charge >= 0.3 is 0 Å². The van der Waals surface area contributed by atoms with Gasteiger partial charge in [-0.3, -0.25) is 4.79 Å². The van der Waals surface area contributed by atoms with Gasteiger partial charge in [0.15, 0.2) is 0 Å². The first-order chi connectivity index (χ1) is 9.53. The third-order valence-corrected chi connectivity index (χ3v) is 4.08. The molecule has 0 radical (unpaired) electrons. The largest absolute Gasteiger partial charge is 0.492 e. The van der Waals surface area contributed by atoms with Crippen LogP contribution in [0.25, 0.3) is 0 Å². The second-order valence-electron chi connectivity index (χ2n) is 6.08. The van der Waals surface area contributed by atoms with Crippen molar-refractivity contribution in [3.8, 4) is 5.75 Å². The number of anilines is 1. The van der Waals surface area contributed by atoms with Crippen molar-refractivity contribution in [2.75, 3.05) is 18.5 Å². The zero-order valence-electron chi connectivity index (χ0n) is 12.3. The van der Waals surface area contributed by atoms with Crippen LogP contribution in [0.5, 0.6) is 5.75 Å². The van der Waals surface area contributed by atoms with Crippen molar-refractivity contribution in [3.05, 3.63) is 24.3 Å². The molecule has 1 aliphatic rings. The zero-order valence-corrected chi connectivity index (χ0v) is 12.3. The summed E-state index contributed by atoms with van der Waals surface area (Å²) < 4.78 is 5.41. The Balaban J connectivity index is 1.94. The van der Waals surface area contributed by atoms with Crippen molar-refractivity contribution in [1.29, 1.82) is 0 Å². The average Bonchev–Trinajstić information content (AvgIpc) is 2.77. The molecule has 1 aromatic rings. The molecule has 1 fully saturated rings. The van der Waals surface area contributed by atoms with Crippen molar-refractivity contribution < 1.29 is 9.53 Å². The van der Waals surface area contributed by atoms with Gasteiger partial charge in [-0.1, -0.05) is 20.3 Å². The van der Waals surface area contributed by atoms with E-state index in [1.807, 2.05) is 24.3 Å². The molecule has 1 aromatic carbocycles. The molecule has 1 saturated carbocycles. The Bertz CT molecular complexity index is 454. The fourth-order valence-electron chi connectivity index (χ4n) is 2.85. The number of carbonyl (C=O) groups excluding carboxylic acids is 1. The summed E-state index contributed by atoms with van der Waals surface area (Å²) in [6, 6.07) is 7.44. The molecule has 20 heavy (non-hydrogen) atoms. The van der Waals surface area contributed by atoms with Gasteiger partial charge in [0.2, 0.25) is 5.91 Å². The summed E-state index contributed by atoms with van der Waals surface area (Å²) in [6.45, 7) is 5.35. The number of amides is 1. The molecular formula is C16H24N2O2. The van der Waals surface area contributed by atoms with Crippen molar-refractivity contribution >= 4 is 11.6 Å². The molecule has 4 heteroatoms. The summed E-state index contributed by atoms with van der Waals surface area (Å²) in [5, 5.41) is 3.00. The number of hydrogen-bond acceptors (Lipinski definition) is 3. The van der Waals surface area contributed by atoms with E-state index in [0.717, 1.165) is 30.7 Å². The Labute approximate surface area is 120 Å². The van der Waals surface area contributed by atoms with Crippen molar-refractivity contribution in [2.45, 2.75) is 33.1 Å². The molecule has 110 valence electrons. The van der Waals surface area contributed by atoms with Gasteiger partial charge in [-0.15, -0.1) is 0 Å². The maximum atomic E-state index is 12.3. The van der Waals surface area contributed by atoms with E-state index in [9.17, 15) is 4.79 Å². The van der Waals surface area contributed by atoms with Gasteiger partial charge in [-0.25, -0.2) is 0 Å². The van der Waals surface area contributed by atoms with E-state index in [0.29, 0.717) is 13.2 Å². The maximum absolute atomic E-state index is 12.3. The van der Waals surface area contributed by atoms with Crippen LogP contribution in [0, 0.1) is 11.3 Å². The lowest BCUT2D eigenvalue weighted by atomic mass is 9.81. The van der Waals surface area contributed by atoms with Crippen molar-refractivity contribution in [3.63, 3.8) is 0 Å². The van der Waals surface area contributed by atoms with Gasteiger partial charge in [-0.05, 0) is 42.5 Å². The predicted octanol–water partition coefficient (Wildman–Crippen LogP) is 2.79. The maximum Gasteiger partial charge on any atom is 0.228 e. The van der Waals surface area contributed by atoms with Crippen molar-refractivity contribution in [2.24, 2.45) is 17.1 Å². The molecule has 2 rings (SSSR count). The molecule has 1 amide bonds. The van der Waals surface area contributed by atoms with E-state index in [2.05, 4.69) is 19.2 Å². The van der Waals surface area contributed by atoms with Gasteiger partial charge in [0, 0.05) is 18.2 Å². The molecule has 1 aliphatic carbocycles. The average molecular weight is 276 g/mol. The Morgan fingerprint density at radius 3 is 2.65 bits per heavy atom. The molecule has 1 unspecified atom stereocenters. The number of carbonyl (C=O) groups is 1. The van der Waals surface area contributed by atoms with Crippen molar-refractivity contribution in [1.82, 2.24) is 0 Å². The van der Waals surface area contributed by atoms with E-state index >= 15 is 0 Å². The van der Waals surface area contributed by atoms with Gasteiger partial charge in [-0.2, -0.15) is 0 Å². The topological polar surface area (TPSA) is 64.3 Å². The standard InChI is InChI=1S/C16H24N2O2/c1-16(2)9-3-4-14(16)15(19)18-12-5-7-13(8-6-12)20-11-10-17/h5-8,14H,3-4,9-11,17H2,1-2H3,(H,18,19). The summed E-state index contributed by atoms with van der Waals surface area (Å²) >= 11 is 0. The third kappa shape index (κ3) is 3.51. The predicted molar refractivity (Wildman–Crippen MR) is 80.7 cm³/mol. The van der Waals surface area contributed by atoms with Gasteiger partial charge < -0.3 is 15.8 Å². The van der Waals surface area contributed by atoms with Crippen LogP contribution >= 0.6 is 0 Å². The summed E-state index contributed by atoms with van der Waals surface area (Å²) in [7, 11) is 0. The summed E-state index contributed by atoms with van der Waals surface area (Å²) in [5.41, 5.74) is 6.31. The SMILES string of the molecule is CC1(C)CCCC1C(=O)Nc1ccc(OCCN)cc1. The highest BCUT2D eigenvalue weighted by Gasteiger charge is 2.39. The van der Waals surface area contributed by atoms with Crippen LogP contribution in [-0.2, 0) is 4.79 Å². The number of nitrogens with two attached hydrogens (primary N) is 1. The number of hydrogen-bond donors (Lipinski definition) is 2. The first-order valence-electron chi connectivity index (χ1n) is 7.27. The molecule has 0 aliphatic heterocycles. The molecule has 0 aromatic heterocycles. The number of nitrogens with one attached hydrogen (secondary N) is 1. The summed E-state index contributed by atoms with van der Waals surface area (Å²) in [6.07, 6.45) is 3.24. The minimum absolute atomic E-state index is 0.105. The van der Waals surface area contributed by atoms with Gasteiger partial charge in [0.05, 0.1) is 0 Å². The molecule has 0 spiro atoms. The van der Waals surface area contributed by atoms with E-state index in [-0.39, 0.29) is 17.2 Å². The van der Waals surface area contributed by atoms with Crippen LogP contribution in [0.3, 0.4) is 0 Å². The van der Waals surface area contributed by atoms with E-state index < -0.39 is 0 Å². The molecule has 0 bridgehead atoms. The van der Waals surface area contributed by atoms with Gasteiger partial charge in [0.25, 0.3) is 0 Å². The van der Waals surface area contributed by atoms with Crippen LogP contribution in [0.15, 0.2) is 24.3 Å². The monoisotopic (exact) mass is 276 g/mol. The fourth-order valence-corrected chi connectivity index (χ4v) is 2.85. The Morgan fingerprint density at radius 2 is 2.10 bits per heavy atom. The minimum Gasteiger partial charge on any atom is -0.492 e. The molecule has 4 nitrogen and oxygen atoms in total. The van der Waals surface area contributed by atoms with E-state index in [1.165, 1.54) is 0 Å². The fraction of sp³-hybridized carbons (Fsp3) is 0.562. The van der Waals surface area contributed by atoms with E-state index in [1.54, 1.807) is 0 Å². The Morgan fingerprint density at radius 1 is 1.40 bits per heavy atom. The van der Waals surface area contributed by atoms with Gasteiger partial charge in [0.1, 0.15) is 12.4 Å². The smallest absolute Gasteiger partial charge is 0.228 e. The highest BCUT2D eigenvalue weighted by atomic mass is 16.5. The molecule has 3 N–H and O–H groups in total. The van der Waals surface area contributed by atoms with Crippen LogP contribution in [0.2, 0.25) is 0 Å². The first-order valence-corrected chi connectivity index (χ1v) is 7.27. The number of benzene rings is 1. The minimum atomic E-state index is 0.105. The molecule has 1 atom stereocenters. The molecule has 0 heterocycles. The highest BCUT2D eigenvalue weighted by molar-refractivity contribution is 5.93. The van der Waals surface area contributed by atoms with Crippen LogP contribution in [0.4, 0.5) is 5.69 Å². The third-order valence-electron chi connectivity index (χ3n) is 4.08. The van der Waals surface area contributed by atoms with E-state index in [4.69, 9.17) is 10.5 Å². The summed E-state index contributed by atoms with van der Waals surface area (Å²) in [5.74, 6) is 1.01. The number of ether oxygens (including phenoxy) is 1. The van der Waals surface area contributed by atoms with Crippen LogP contribution in [-0.4, -0.2) is 19.1 Å². The zero-order chi connectivity index (χ0) is 14.6. The summed E-state index contributed by atoms with van der Waals surface area (Å²) in [4.78, 5) is 12.3. The highest BCUT2D eigenvalue weighted by Crippen LogP contribution is 2.43. The molecule has 0 saturated heterocycles. The van der Waals surface area contributed by atoms with Crippen LogP contribution in [0.1, 0.15) is 33.1 Å². The second kappa shape index (κ2) is 6.27. The quantitative estimate of drug-likeness (QED) is 0.869. The first kappa shape index (κ1) is 14.9. The Hall–Kier alpha value is -1.55. The lowest BCUT2D eigenvalue weighted by Crippen LogP contribution is -2.30. The lowest BCUT2D eigenvalue weighted by Gasteiger charge is -2.25. The lowest BCUT2D eigenvalue weighted by molar-refractivity contribution is -0.122. The van der Waals surface area contributed by atoms with Crippen LogP contribution < -0.4 is 15.8 Å². The second-order valence-corrected chi connectivity index (χ2v) is 6.08. The molecular weight excluding hydrogens is 252 g/mol. The Kier molecular flexibility index (Phi) is 4.65.